The molecule has 0 radical (unpaired) electrons. The first-order chi connectivity index (χ1) is 13.9. The van der Waals surface area contributed by atoms with Crippen LogP contribution in [0.4, 0.5) is 11.4 Å². The summed E-state index contributed by atoms with van der Waals surface area (Å²) >= 11 is 0. The van der Waals surface area contributed by atoms with E-state index in [1.165, 1.54) is 16.4 Å². The lowest BCUT2D eigenvalue weighted by Crippen LogP contribution is -2.40. The summed E-state index contributed by atoms with van der Waals surface area (Å²) in [6.07, 6.45) is 0. The molecule has 2 aromatic carbocycles. The zero-order valence-corrected chi connectivity index (χ0v) is 16.9. The molecule has 1 aliphatic heterocycles. The number of hydrogen-bond acceptors (Lipinski definition) is 7. The van der Waals surface area contributed by atoms with E-state index in [4.69, 9.17) is 9.47 Å². The molecule has 2 aromatic rings. The van der Waals surface area contributed by atoms with Crippen LogP contribution in [0.3, 0.4) is 0 Å². The quantitative estimate of drug-likeness (QED) is 0.396. The fraction of sp³-hybridized carbons (Fsp3) is 0.368. The van der Waals surface area contributed by atoms with E-state index in [9.17, 15) is 18.5 Å². The van der Waals surface area contributed by atoms with Crippen molar-refractivity contribution in [1.29, 1.82) is 0 Å². The first kappa shape index (κ1) is 21.0. The van der Waals surface area contributed by atoms with Crippen molar-refractivity contribution in [1.82, 2.24) is 4.31 Å². The summed E-state index contributed by atoms with van der Waals surface area (Å²) in [6, 6.07) is 11.4. The van der Waals surface area contributed by atoms with Gasteiger partial charge in [0.15, 0.2) is 0 Å². The maximum absolute atomic E-state index is 13.1. The van der Waals surface area contributed by atoms with Crippen LogP contribution >= 0.6 is 0 Å². The minimum atomic E-state index is -3.90. The largest absolute Gasteiger partial charge is 0.492 e. The molecule has 10 heteroatoms. The van der Waals surface area contributed by atoms with E-state index in [2.05, 4.69) is 5.32 Å². The van der Waals surface area contributed by atoms with Gasteiger partial charge < -0.3 is 14.8 Å². The number of aryl methyl sites for hydroxylation is 1. The van der Waals surface area contributed by atoms with Gasteiger partial charge in [-0.05, 0) is 30.7 Å². The Balaban J connectivity index is 1.76. The molecule has 0 unspecified atom stereocenters. The molecule has 9 nitrogen and oxygen atoms in total. The molecule has 29 heavy (non-hydrogen) atoms. The Morgan fingerprint density at radius 3 is 2.66 bits per heavy atom. The third kappa shape index (κ3) is 5.22. The van der Waals surface area contributed by atoms with Gasteiger partial charge in [0, 0.05) is 31.8 Å². The minimum Gasteiger partial charge on any atom is -0.492 e. The van der Waals surface area contributed by atoms with Crippen molar-refractivity contribution in [2.45, 2.75) is 11.8 Å². The Hall–Kier alpha value is -2.69. The number of nitro groups is 1. The minimum absolute atomic E-state index is 0.121. The van der Waals surface area contributed by atoms with Crippen molar-refractivity contribution >= 4 is 21.4 Å². The van der Waals surface area contributed by atoms with Crippen LogP contribution in [-0.4, -0.2) is 57.1 Å². The highest BCUT2D eigenvalue weighted by Gasteiger charge is 2.30. The molecule has 0 amide bonds. The fourth-order valence-electron chi connectivity index (χ4n) is 2.97. The Morgan fingerprint density at radius 1 is 1.21 bits per heavy atom. The molecule has 1 saturated heterocycles. The molecular weight excluding hydrogens is 398 g/mol. The third-order valence-electron chi connectivity index (χ3n) is 4.44. The van der Waals surface area contributed by atoms with Crippen LogP contribution in [0.15, 0.2) is 47.4 Å². The number of benzene rings is 2. The van der Waals surface area contributed by atoms with E-state index in [1.54, 1.807) is 0 Å². The number of anilines is 1. The van der Waals surface area contributed by atoms with Gasteiger partial charge in [-0.3, -0.25) is 10.1 Å². The zero-order valence-electron chi connectivity index (χ0n) is 16.0. The van der Waals surface area contributed by atoms with Crippen molar-refractivity contribution < 1.29 is 22.8 Å². The second kappa shape index (κ2) is 9.21. The van der Waals surface area contributed by atoms with Gasteiger partial charge in [0.25, 0.3) is 5.69 Å². The molecule has 1 fully saturated rings. The van der Waals surface area contributed by atoms with Gasteiger partial charge in [-0.1, -0.05) is 12.1 Å². The number of rotatable bonds is 8. The summed E-state index contributed by atoms with van der Waals surface area (Å²) in [5.41, 5.74) is 1.10. The standard InChI is InChI=1S/C19H23N3O6S/c1-15-3-2-4-17(13-15)28-10-7-20-18-6-5-16(22(23)24)14-19(18)29(25,26)21-8-11-27-12-9-21/h2-6,13-14,20H,7-12H2,1H3. The first-order valence-corrected chi connectivity index (χ1v) is 10.6. The Bertz CT molecular complexity index is 974. The number of nitrogens with zero attached hydrogens (tertiary/aromatic N) is 2. The van der Waals surface area contributed by atoms with Crippen LogP contribution in [-0.2, 0) is 14.8 Å². The lowest BCUT2D eigenvalue weighted by Gasteiger charge is -2.27. The smallest absolute Gasteiger partial charge is 0.270 e. The van der Waals surface area contributed by atoms with Crippen molar-refractivity contribution in [3.63, 3.8) is 0 Å². The Morgan fingerprint density at radius 2 is 1.97 bits per heavy atom. The number of hydrogen-bond donors (Lipinski definition) is 1. The van der Waals surface area contributed by atoms with Gasteiger partial charge in [-0.15, -0.1) is 0 Å². The molecule has 0 aromatic heterocycles. The van der Waals surface area contributed by atoms with Crippen LogP contribution in [0.2, 0.25) is 0 Å². The number of morpholine rings is 1. The monoisotopic (exact) mass is 421 g/mol. The van der Waals surface area contributed by atoms with Crippen molar-refractivity contribution in [2.75, 3.05) is 44.8 Å². The van der Waals surface area contributed by atoms with E-state index in [-0.39, 0.29) is 23.7 Å². The summed E-state index contributed by atoms with van der Waals surface area (Å²) in [6.45, 7) is 3.60. The van der Waals surface area contributed by atoms with E-state index < -0.39 is 14.9 Å². The lowest BCUT2D eigenvalue weighted by molar-refractivity contribution is -0.385. The average Bonchev–Trinajstić information content (AvgIpc) is 2.72. The Labute approximate surface area is 169 Å². The predicted molar refractivity (Wildman–Crippen MR) is 108 cm³/mol. The number of nitro benzene ring substituents is 1. The van der Waals surface area contributed by atoms with E-state index in [0.29, 0.717) is 32.1 Å². The molecule has 0 bridgehead atoms. The number of ether oxygens (including phenoxy) is 2. The third-order valence-corrected chi connectivity index (χ3v) is 6.38. The lowest BCUT2D eigenvalue weighted by atomic mass is 10.2. The van der Waals surface area contributed by atoms with Gasteiger partial charge in [-0.25, -0.2) is 8.42 Å². The molecule has 0 saturated carbocycles. The molecule has 1 heterocycles. The van der Waals surface area contributed by atoms with Crippen molar-refractivity contribution in [2.24, 2.45) is 0 Å². The molecule has 0 spiro atoms. The maximum atomic E-state index is 13.1. The maximum Gasteiger partial charge on any atom is 0.270 e. The van der Waals surface area contributed by atoms with E-state index in [0.717, 1.165) is 17.4 Å². The molecule has 0 aliphatic carbocycles. The molecule has 0 atom stereocenters. The van der Waals surface area contributed by atoms with Gasteiger partial charge >= 0.3 is 0 Å². The summed E-state index contributed by atoms with van der Waals surface area (Å²) in [5, 5.41) is 14.2. The van der Waals surface area contributed by atoms with Crippen LogP contribution in [0.25, 0.3) is 0 Å². The fourth-order valence-corrected chi connectivity index (χ4v) is 4.57. The second-order valence-corrected chi connectivity index (χ2v) is 8.45. The highest BCUT2D eigenvalue weighted by molar-refractivity contribution is 7.89. The topological polar surface area (TPSA) is 111 Å². The van der Waals surface area contributed by atoms with Crippen LogP contribution in [0.5, 0.6) is 5.75 Å². The average molecular weight is 421 g/mol. The summed E-state index contributed by atoms with van der Waals surface area (Å²) in [5.74, 6) is 0.719. The molecule has 1 N–H and O–H groups in total. The van der Waals surface area contributed by atoms with Gasteiger partial charge in [0.05, 0.1) is 23.8 Å². The van der Waals surface area contributed by atoms with Crippen LogP contribution in [0, 0.1) is 17.0 Å². The first-order valence-electron chi connectivity index (χ1n) is 9.17. The van der Waals surface area contributed by atoms with Gasteiger partial charge in [-0.2, -0.15) is 4.31 Å². The number of non-ortho nitro benzene ring substituents is 1. The second-order valence-electron chi connectivity index (χ2n) is 6.55. The van der Waals surface area contributed by atoms with Crippen molar-refractivity contribution in [3.05, 3.63) is 58.1 Å². The zero-order chi connectivity index (χ0) is 20.9. The highest BCUT2D eigenvalue weighted by Crippen LogP contribution is 2.29. The van der Waals surface area contributed by atoms with Crippen LogP contribution < -0.4 is 10.1 Å². The van der Waals surface area contributed by atoms with Gasteiger partial charge in [0.2, 0.25) is 10.0 Å². The molecule has 3 rings (SSSR count). The predicted octanol–water partition coefficient (Wildman–Crippen LogP) is 2.42. The number of sulfonamides is 1. The molecule has 1 aliphatic rings. The summed E-state index contributed by atoms with van der Waals surface area (Å²) in [4.78, 5) is 10.4. The van der Waals surface area contributed by atoms with E-state index in [1.807, 2.05) is 31.2 Å². The van der Waals surface area contributed by atoms with Crippen molar-refractivity contribution in [3.8, 4) is 5.75 Å². The number of nitrogens with one attached hydrogen (secondary N) is 1. The van der Waals surface area contributed by atoms with Crippen LogP contribution in [0.1, 0.15) is 5.56 Å². The SMILES string of the molecule is Cc1cccc(OCCNc2ccc([N+](=O)[O-])cc2S(=O)(=O)N2CCOCC2)c1. The summed E-state index contributed by atoms with van der Waals surface area (Å²) < 4.78 is 38.3. The summed E-state index contributed by atoms with van der Waals surface area (Å²) in [7, 11) is -3.90. The molecular formula is C19H23N3O6S. The highest BCUT2D eigenvalue weighted by atomic mass is 32.2. The normalized spacial score (nSPS) is 15.1. The molecule has 156 valence electrons. The Kier molecular flexibility index (Phi) is 6.68. The van der Waals surface area contributed by atoms with Gasteiger partial charge in [0.1, 0.15) is 17.3 Å². The van der Waals surface area contributed by atoms with E-state index >= 15 is 0 Å².